The van der Waals surface area contributed by atoms with Crippen molar-refractivity contribution in [2.45, 2.75) is 26.8 Å². The van der Waals surface area contributed by atoms with E-state index in [2.05, 4.69) is 16.1 Å². The number of nitriles is 1. The standard InChI is InChI=1S/C15H17N3O2/c1-9(17-20-11(3)19)15-10(2)18(4)14-6-5-12(8-16)7-13(14)15/h5-7,9,17H,1-4H3. The van der Waals surface area contributed by atoms with Crippen LogP contribution in [0.25, 0.3) is 10.9 Å². The Bertz CT molecular complexity index is 710. The molecule has 0 saturated heterocycles. The van der Waals surface area contributed by atoms with Gasteiger partial charge in [0.25, 0.3) is 0 Å². The van der Waals surface area contributed by atoms with Gasteiger partial charge in [-0.3, -0.25) is 4.79 Å². The van der Waals surface area contributed by atoms with Crippen LogP contribution in [0.15, 0.2) is 18.2 Å². The highest BCUT2D eigenvalue weighted by Crippen LogP contribution is 2.30. The fraction of sp³-hybridized carbons (Fsp3) is 0.333. The van der Waals surface area contributed by atoms with Crippen molar-refractivity contribution in [3.8, 4) is 6.07 Å². The third-order valence-electron chi connectivity index (χ3n) is 3.48. The second kappa shape index (κ2) is 5.35. The molecule has 1 N–H and O–H groups in total. The summed E-state index contributed by atoms with van der Waals surface area (Å²) < 4.78 is 2.07. The van der Waals surface area contributed by atoms with E-state index in [1.165, 1.54) is 6.92 Å². The molecule has 104 valence electrons. The summed E-state index contributed by atoms with van der Waals surface area (Å²) in [5.74, 6) is -0.382. The fourth-order valence-corrected chi connectivity index (χ4v) is 2.45. The van der Waals surface area contributed by atoms with Crippen LogP contribution in [0.4, 0.5) is 0 Å². The second-order valence-corrected chi connectivity index (χ2v) is 4.84. The largest absolute Gasteiger partial charge is 0.370 e. The molecule has 5 nitrogen and oxygen atoms in total. The molecule has 2 rings (SSSR count). The Labute approximate surface area is 117 Å². The van der Waals surface area contributed by atoms with E-state index in [0.717, 1.165) is 22.2 Å². The predicted molar refractivity (Wildman–Crippen MR) is 75.7 cm³/mol. The minimum Gasteiger partial charge on any atom is -0.370 e. The van der Waals surface area contributed by atoms with Gasteiger partial charge in [-0.15, -0.1) is 5.48 Å². The van der Waals surface area contributed by atoms with Crippen LogP contribution in [0.3, 0.4) is 0 Å². The molecule has 1 aromatic carbocycles. The van der Waals surface area contributed by atoms with E-state index in [0.29, 0.717) is 5.56 Å². The van der Waals surface area contributed by atoms with Gasteiger partial charge in [-0.1, -0.05) is 0 Å². The molecule has 1 aromatic heterocycles. The summed E-state index contributed by atoms with van der Waals surface area (Å²) in [7, 11) is 1.98. The third-order valence-corrected chi connectivity index (χ3v) is 3.48. The van der Waals surface area contributed by atoms with Gasteiger partial charge < -0.3 is 9.40 Å². The summed E-state index contributed by atoms with van der Waals surface area (Å²) in [6.07, 6.45) is 0. The number of nitrogens with one attached hydrogen (secondary N) is 1. The summed E-state index contributed by atoms with van der Waals surface area (Å²) in [6.45, 7) is 5.28. The van der Waals surface area contributed by atoms with Crippen LogP contribution < -0.4 is 5.48 Å². The number of rotatable bonds is 3. The van der Waals surface area contributed by atoms with Gasteiger partial charge in [-0.05, 0) is 32.0 Å². The summed E-state index contributed by atoms with van der Waals surface area (Å²) in [5, 5.41) is 10.0. The van der Waals surface area contributed by atoms with Gasteiger partial charge >= 0.3 is 5.97 Å². The Morgan fingerprint density at radius 1 is 1.50 bits per heavy atom. The van der Waals surface area contributed by atoms with Gasteiger partial charge in [0.1, 0.15) is 0 Å². The summed E-state index contributed by atoms with van der Waals surface area (Å²) in [4.78, 5) is 15.8. The maximum atomic E-state index is 10.9. The van der Waals surface area contributed by atoms with Crippen LogP contribution >= 0.6 is 0 Å². The van der Waals surface area contributed by atoms with Gasteiger partial charge in [-0.25, -0.2) is 0 Å². The van der Waals surface area contributed by atoms with Crippen LogP contribution in [0.1, 0.15) is 36.7 Å². The lowest BCUT2D eigenvalue weighted by atomic mass is 10.0. The van der Waals surface area contributed by atoms with Crippen molar-refractivity contribution < 1.29 is 9.63 Å². The number of carbonyl (C=O) groups excluding carboxylic acids is 1. The average molecular weight is 271 g/mol. The van der Waals surface area contributed by atoms with E-state index in [4.69, 9.17) is 10.1 Å². The van der Waals surface area contributed by atoms with Crippen molar-refractivity contribution in [2.24, 2.45) is 7.05 Å². The normalized spacial score (nSPS) is 12.2. The number of aryl methyl sites for hydroxylation is 1. The second-order valence-electron chi connectivity index (χ2n) is 4.84. The first-order valence-electron chi connectivity index (χ1n) is 6.37. The molecular weight excluding hydrogens is 254 g/mol. The molecule has 0 aliphatic heterocycles. The highest BCUT2D eigenvalue weighted by atomic mass is 16.7. The highest BCUT2D eigenvalue weighted by Gasteiger charge is 2.18. The maximum Gasteiger partial charge on any atom is 0.321 e. The first-order chi connectivity index (χ1) is 9.45. The van der Waals surface area contributed by atoms with E-state index in [1.54, 1.807) is 6.07 Å². The van der Waals surface area contributed by atoms with Crippen LogP contribution in [0.2, 0.25) is 0 Å². The average Bonchev–Trinajstić information content (AvgIpc) is 2.68. The van der Waals surface area contributed by atoms with E-state index < -0.39 is 0 Å². The van der Waals surface area contributed by atoms with Gasteiger partial charge in [0.05, 0.1) is 17.7 Å². The first kappa shape index (κ1) is 14.1. The van der Waals surface area contributed by atoms with Gasteiger partial charge in [0.15, 0.2) is 0 Å². The lowest BCUT2D eigenvalue weighted by Crippen LogP contribution is -2.22. The number of benzene rings is 1. The number of hydroxylamine groups is 1. The van der Waals surface area contributed by atoms with Gasteiger partial charge in [0, 0.05) is 36.1 Å². The van der Waals surface area contributed by atoms with Crippen LogP contribution in [-0.2, 0) is 16.7 Å². The number of hydrogen-bond acceptors (Lipinski definition) is 4. The van der Waals surface area contributed by atoms with Crippen molar-refractivity contribution in [3.05, 3.63) is 35.0 Å². The summed E-state index contributed by atoms with van der Waals surface area (Å²) in [5.41, 5.74) is 6.50. The minimum atomic E-state index is -0.382. The summed E-state index contributed by atoms with van der Waals surface area (Å²) in [6, 6.07) is 7.59. The molecule has 0 fully saturated rings. The molecule has 0 radical (unpaired) electrons. The number of carbonyl (C=O) groups is 1. The molecule has 2 aromatic rings. The van der Waals surface area contributed by atoms with Crippen molar-refractivity contribution in [1.29, 1.82) is 5.26 Å². The van der Waals surface area contributed by atoms with E-state index in [9.17, 15) is 4.79 Å². The molecule has 20 heavy (non-hydrogen) atoms. The zero-order valence-corrected chi connectivity index (χ0v) is 12.0. The Balaban J connectivity index is 2.53. The Hall–Kier alpha value is -2.32. The van der Waals surface area contributed by atoms with Crippen LogP contribution in [-0.4, -0.2) is 10.5 Å². The highest BCUT2D eigenvalue weighted by molar-refractivity contribution is 5.87. The molecule has 0 saturated carbocycles. The van der Waals surface area contributed by atoms with E-state index >= 15 is 0 Å². The number of aromatic nitrogens is 1. The molecule has 0 aliphatic carbocycles. The number of fused-ring (bicyclic) bond motifs is 1. The predicted octanol–water partition coefficient (Wildman–Crippen LogP) is 2.49. The maximum absolute atomic E-state index is 10.9. The van der Waals surface area contributed by atoms with Crippen molar-refractivity contribution in [2.75, 3.05) is 0 Å². The lowest BCUT2D eigenvalue weighted by molar-refractivity contribution is -0.150. The quantitative estimate of drug-likeness (QED) is 0.871. The molecule has 0 spiro atoms. The van der Waals surface area contributed by atoms with Gasteiger partial charge in [0.2, 0.25) is 0 Å². The molecule has 1 unspecified atom stereocenters. The van der Waals surface area contributed by atoms with Crippen LogP contribution in [0.5, 0.6) is 0 Å². The SMILES string of the molecule is CC(=O)ONC(C)c1c(C)n(C)c2ccc(C#N)cc12. The fourth-order valence-electron chi connectivity index (χ4n) is 2.45. The smallest absolute Gasteiger partial charge is 0.321 e. The lowest BCUT2D eigenvalue weighted by Gasteiger charge is -2.13. The minimum absolute atomic E-state index is 0.156. The number of hydrogen-bond donors (Lipinski definition) is 1. The van der Waals surface area contributed by atoms with Gasteiger partial charge in [-0.2, -0.15) is 5.26 Å². The molecule has 1 heterocycles. The topological polar surface area (TPSA) is 67.0 Å². The van der Waals surface area contributed by atoms with Crippen molar-refractivity contribution in [1.82, 2.24) is 10.0 Å². The summed E-state index contributed by atoms with van der Waals surface area (Å²) >= 11 is 0. The molecule has 0 amide bonds. The first-order valence-corrected chi connectivity index (χ1v) is 6.37. The Kier molecular flexibility index (Phi) is 3.77. The Morgan fingerprint density at radius 3 is 2.80 bits per heavy atom. The molecule has 1 atom stereocenters. The zero-order chi connectivity index (χ0) is 14.9. The van der Waals surface area contributed by atoms with E-state index in [1.807, 2.05) is 33.0 Å². The molecule has 0 aliphatic rings. The third kappa shape index (κ3) is 2.38. The molecule has 0 bridgehead atoms. The molecular formula is C15H17N3O2. The number of nitrogens with zero attached hydrogens (tertiary/aromatic N) is 2. The molecule has 5 heteroatoms. The Morgan fingerprint density at radius 2 is 2.20 bits per heavy atom. The monoisotopic (exact) mass is 271 g/mol. The van der Waals surface area contributed by atoms with Crippen LogP contribution in [0, 0.1) is 18.3 Å². The van der Waals surface area contributed by atoms with Crippen molar-refractivity contribution in [3.63, 3.8) is 0 Å². The zero-order valence-electron chi connectivity index (χ0n) is 12.0. The van der Waals surface area contributed by atoms with E-state index in [-0.39, 0.29) is 12.0 Å². The van der Waals surface area contributed by atoms with Crippen molar-refractivity contribution >= 4 is 16.9 Å².